The van der Waals surface area contributed by atoms with Crippen LogP contribution >= 0.6 is 35.0 Å². The van der Waals surface area contributed by atoms with Crippen LogP contribution in [-0.4, -0.2) is 21.4 Å². The molecular formula is C18H13Cl2F2N3OS. The van der Waals surface area contributed by atoms with Crippen LogP contribution in [0.4, 0.5) is 14.6 Å². The topological polar surface area (TPSA) is 46.9 Å². The van der Waals surface area contributed by atoms with E-state index < -0.39 is 11.7 Å². The van der Waals surface area contributed by atoms with Crippen LogP contribution in [0.1, 0.15) is 15.9 Å². The Morgan fingerprint density at radius 3 is 2.70 bits per heavy atom. The van der Waals surface area contributed by atoms with E-state index in [1.807, 2.05) is 0 Å². The lowest BCUT2D eigenvalue weighted by atomic mass is 10.2. The summed E-state index contributed by atoms with van der Waals surface area (Å²) in [6.45, 7) is 0.312. The summed E-state index contributed by atoms with van der Waals surface area (Å²) in [5.74, 6) is -2.69. The van der Waals surface area contributed by atoms with E-state index in [1.165, 1.54) is 18.3 Å². The van der Waals surface area contributed by atoms with Crippen molar-refractivity contribution >= 4 is 46.7 Å². The second kappa shape index (κ2) is 8.73. The minimum absolute atomic E-state index is 0.167. The number of hydrogen-bond donors (Lipinski definition) is 1. The fraction of sp³-hybridized carbons (Fsp3) is 0.111. The Hall–Kier alpha value is -2.09. The van der Waals surface area contributed by atoms with Gasteiger partial charge < -0.3 is 5.32 Å². The van der Waals surface area contributed by atoms with Crippen molar-refractivity contribution in [2.75, 3.05) is 5.32 Å². The Morgan fingerprint density at radius 2 is 1.96 bits per heavy atom. The van der Waals surface area contributed by atoms with E-state index in [2.05, 4.69) is 10.4 Å². The Labute approximate surface area is 168 Å². The number of rotatable bonds is 6. The van der Waals surface area contributed by atoms with Crippen molar-refractivity contribution < 1.29 is 13.6 Å². The van der Waals surface area contributed by atoms with Crippen molar-refractivity contribution in [3.05, 3.63) is 75.9 Å². The number of benzene rings is 2. The molecule has 0 radical (unpaired) electrons. The van der Waals surface area contributed by atoms with Gasteiger partial charge in [-0.2, -0.15) is 13.9 Å². The number of nitrogens with one attached hydrogen (secondary N) is 1. The molecule has 9 heteroatoms. The molecule has 0 saturated carbocycles. The van der Waals surface area contributed by atoms with Crippen LogP contribution < -0.4 is 5.32 Å². The van der Waals surface area contributed by atoms with Gasteiger partial charge in [0.25, 0.3) is 11.7 Å². The molecule has 4 nitrogen and oxygen atoms in total. The molecule has 0 bridgehead atoms. The third kappa shape index (κ3) is 5.00. The second-order valence-corrected chi connectivity index (χ2v) is 7.31. The molecule has 27 heavy (non-hydrogen) atoms. The minimum atomic E-state index is -2.61. The second-order valence-electron chi connectivity index (χ2n) is 5.44. The summed E-state index contributed by atoms with van der Waals surface area (Å²) < 4.78 is 27.0. The van der Waals surface area contributed by atoms with Gasteiger partial charge in [-0.1, -0.05) is 53.2 Å². The van der Waals surface area contributed by atoms with E-state index in [4.69, 9.17) is 23.2 Å². The smallest absolute Gasteiger partial charge is 0.288 e. The maximum Gasteiger partial charge on any atom is 0.288 e. The predicted octanol–water partition coefficient (Wildman–Crippen LogP) is 5.81. The SMILES string of the molecule is O=C(Nc1ccnn1Cc1ccc(Cl)cc1Cl)c1ccccc1SC(F)F. The van der Waals surface area contributed by atoms with E-state index in [0.29, 0.717) is 34.2 Å². The number of anilines is 1. The fourth-order valence-corrected chi connectivity index (χ4v) is 3.52. The number of aromatic nitrogens is 2. The fourth-order valence-electron chi connectivity index (χ4n) is 2.41. The third-order valence-electron chi connectivity index (χ3n) is 3.64. The summed E-state index contributed by atoms with van der Waals surface area (Å²) in [7, 11) is 0. The molecule has 0 aliphatic heterocycles. The molecule has 1 N–H and O–H groups in total. The Morgan fingerprint density at radius 1 is 1.19 bits per heavy atom. The quantitative estimate of drug-likeness (QED) is 0.505. The van der Waals surface area contributed by atoms with Crippen LogP contribution in [0.25, 0.3) is 0 Å². The van der Waals surface area contributed by atoms with Crippen LogP contribution in [0.2, 0.25) is 10.0 Å². The first-order valence-corrected chi connectivity index (χ1v) is 9.38. The van der Waals surface area contributed by atoms with Crippen LogP contribution in [0, 0.1) is 0 Å². The number of hydrogen-bond acceptors (Lipinski definition) is 3. The number of halogens is 4. The van der Waals surface area contributed by atoms with Gasteiger partial charge >= 0.3 is 0 Å². The molecule has 3 aromatic rings. The lowest BCUT2D eigenvalue weighted by Gasteiger charge is -2.12. The zero-order valence-electron chi connectivity index (χ0n) is 13.7. The molecule has 3 rings (SSSR count). The molecule has 0 aliphatic rings. The largest absolute Gasteiger partial charge is 0.307 e. The summed E-state index contributed by atoms with van der Waals surface area (Å²) in [6.07, 6.45) is 1.53. The van der Waals surface area contributed by atoms with Gasteiger partial charge in [-0.15, -0.1) is 0 Å². The van der Waals surface area contributed by atoms with Crippen molar-refractivity contribution in [2.24, 2.45) is 0 Å². The van der Waals surface area contributed by atoms with Gasteiger partial charge in [0.15, 0.2) is 0 Å². The molecule has 1 amide bonds. The van der Waals surface area contributed by atoms with Crippen molar-refractivity contribution in [3.63, 3.8) is 0 Å². The average molecular weight is 428 g/mol. The molecule has 0 aliphatic carbocycles. The van der Waals surface area contributed by atoms with Crippen molar-refractivity contribution in [1.29, 1.82) is 0 Å². The van der Waals surface area contributed by atoms with Crippen LogP contribution in [0.15, 0.2) is 59.6 Å². The predicted molar refractivity (Wildman–Crippen MR) is 104 cm³/mol. The minimum Gasteiger partial charge on any atom is -0.307 e. The van der Waals surface area contributed by atoms with Crippen molar-refractivity contribution in [2.45, 2.75) is 17.2 Å². The first-order chi connectivity index (χ1) is 12.9. The highest BCUT2D eigenvalue weighted by Crippen LogP contribution is 2.29. The Kier molecular flexibility index (Phi) is 6.36. The van der Waals surface area contributed by atoms with E-state index in [-0.39, 0.29) is 10.5 Å². The lowest BCUT2D eigenvalue weighted by molar-refractivity contribution is 0.102. The maximum atomic E-state index is 12.7. The van der Waals surface area contributed by atoms with Gasteiger partial charge in [-0.3, -0.25) is 4.79 Å². The van der Waals surface area contributed by atoms with E-state index in [0.717, 1.165) is 5.56 Å². The normalized spacial score (nSPS) is 11.0. The monoisotopic (exact) mass is 427 g/mol. The van der Waals surface area contributed by atoms with E-state index in [1.54, 1.807) is 41.1 Å². The zero-order valence-corrected chi connectivity index (χ0v) is 16.0. The maximum absolute atomic E-state index is 12.7. The molecular weight excluding hydrogens is 415 g/mol. The van der Waals surface area contributed by atoms with Gasteiger partial charge in [0.1, 0.15) is 5.82 Å². The summed E-state index contributed by atoms with van der Waals surface area (Å²) in [5.41, 5.74) is 0.939. The van der Waals surface area contributed by atoms with Gasteiger partial charge in [-0.25, -0.2) is 4.68 Å². The highest BCUT2D eigenvalue weighted by atomic mass is 35.5. The average Bonchev–Trinajstić information content (AvgIpc) is 3.04. The van der Waals surface area contributed by atoms with Gasteiger partial charge in [-0.05, 0) is 29.8 Å². The molecule has 0 unspecified atom stereocenters. The Balaban J connectivity index is 1.80. The number of thioether (sulfide) groups is 1. The zero-order chi connectivity index (χ0) is 19.4. The Bertz CT molecular complexity index is 965. The number of nitrogens with zero attached hydrogens (tertiary/aromatic N) is 2. The first-order valence-electron chi connectivity index (χ1n) is 7.75. The molecule has 2 aromatic carbocycles. The van der Waals surface area contributed by atoms with Crippen LogP contribution in [0.5, 0.6) is 0 Å². The van der Waals surface area contributed by atoms with Gasteiger partial charge in [0, 0.05) is 21.0 Å². The molecule has 1 heterocycles. The molecule has 0 saturated heterocycles. The summed E-state index contributed by atoms with van der Waals surface area (Å²) in [5, 5.41) is 7.88. The van der Waals surface area contributed by atoms with E-state index >= 15 is 0 Å². The molecule has 0 spiro atoms. The van der Waals surface area contributed by atoms with Crippen molar-refractivity contribution in [1.82, 2.24) is 9.78 Å². The summed E-state index contributed by atoms with van der Waals surface area (Å²) in [4.78, 5) is 12.8. The molecule has 0 fully saturated rings. The first kappa shape index (κ1) is 19.7. The highest BCUT2D eigenvalue weighted by Gasteiger charge is 2.17. The van der Waals surface area contributed by atoms with Crippen LogP contribution in [-0.2, 0) is 6.54 Å². The highest BCUT2D eigenvalue weighted by molar-refractivity contribution is 7.99. The number of carbonyl (C=O) groups excluding carboxylic acids is 1. The number of alkyl halides is 2. The standard InChI is InChI=1S/C18H13Cl2F2N3OS/c19-12-6-5-11(14(20)9-12)10-25-16(7-8-23-25)24-17(26)13-3-1-2-4-15(13)27-18(21)22/h1-9,18H,10H2,(H,24,26). The third-order valence-corrected chi connectivity index (χ3v) is 5.02. The van der Waals surface area contributed by atoms with E-state index in [9.17, 15) is 13.6 Å². The molecule has 0 atom stereocenters. The lowest BCUT2D eigenvalue weighted by Crippen LogP contribution is -2.17. The van der Waals surface area contributed by atoms with Gasteiger partial charge in [0.05, 0.1) is 18.3 Å². The van der Waals surface area contributed by atoms with Crippen molar-refractivity contribution in [3.8, 4) is 0 Å². The summed E-state index contributed by atoms with van der Waals surface area (Å²) in [6, 6.07) is 12.9. The summed E-state index contributed by atoms with van der Waals surface area (Å²) >= 11 is 12.4. The number of amides is 1. The van der Waals surface area contributed by atoms with Gasteiger partial charge in [0.2, 0.25) is 0 Å². The van der Waals surface area contributed by atoms with Crippen LogP contribution in [0.3, 0.4) is 0 Å². The molecule has 1 aromatic heterocycles. The number of carbonyl (C=O) groups is 1. The molecule has 140 valence electrons.